The van der Waals surface area contributed by atoms with Crippen molar-refractivity contribution in [1.82, 2.24) is 0 Å². The number of carbonyl (C=O) groups excluding carboxylic acids is 1. The molecule has 1 N–H and O–H groups in total. The Balaban J connectivity index is 2.61. The Bertz CT molecular complexity index is 414. The molecule has 0 aliphatic carbocycles. The van der Waals surface area contributed by atoms with E-state index in [0.717, 1.165) is 18.4 Å². The molecule has 21 heavy (non-hydrogen) atoms. The van der Waals surface area contributed by atoms with E-state index in [0.29, 0.717) is 19.3 Å². The molecule has 0 aliphatic heterocycles. The lowest BCUT2D eigenvalue weighted by Gasteiger charge is -2.28. The van der Waals surface area contributed by atoms with Gasteiger partial charge in [-0.15, -0.1) is 0 Å². The Morgan fingerprint density at radius 2 is 2.00 bits per heavy atom. The molecule has 0 saturated heterocycles. The number of carbonyl (C=O) groups is 1. The van der Waals surface area contributed by atoms with Crippen molar-refractivity contribution in [3.63, 3.8) is 0 Å². The maximum atomic E-state index is 11.8. The first kappa shape index (κ1) is 17.7. The van der Waals surface area contributed by atoms with Crippen LogP contribution in [0.15, 0.2) is 30.3 Å². The summed E-state index contributed by atoms with van der Waals surface area (Å²) < 4.78 is 10.4. The monoisotopic (exact) mass is 294 g/mol. The number of aliphatic hydroxyl groups is 1. The van der Waals surface area contributed by atoms with Crippen molar-refractivity contribution in [2.75, 3.05) is 7.11 Å². The number of hydrogen-bond acceptors (Lipinski definition) is 4. The molecule has 0 spiro atoms. The molecule has 0 heterocycles. The molecule has 0 radical (unpaired) electrons. The van der Waals surface area contributed by atoms with E-state index in [-0.39, 0.29) is 0 Å². The van der Waals surface area contributed by atoms with Crippen molar-refractivity contribution in [3.05, 3.63) is 35.9 Å². The zero-order chi connectivity index (χ0) is 15.7. The summed E-state index contributed by atoms with van der Waals surface area (Å²) in [5.74, 6) is -1.74. The van der Waals surface area contributed by atoms with Gasteiger partial charge in [-0.3, -0.25) is 0 Å². The van der Waals surface area contributed by atoms with Crippen LogP contribution in [0.4, 0.5) is 0 Å². The Kier molecular flexibility index (Phi) is 7.40. The average molecular weight is 294 g/mol. The summed E-state index contributed by atoms with van der Waals surface area (Å²) in [6.45, 7) is 3.64. The van der Waals surface area contributed by atoms with E-state index in [9.17, 15) is 9.90 Å². The Morgan fingerprint density at radius 3 is 2.57 bits per heavy atom. The number of unbranched alkanes of at least 4 members (excludes halogenated alkanes) is 1. The van der Waals surface area contributed by atoms with Crippen LogP contribution in [0.3, 0.4) is 0 Å². The summed E-state index contributed by atoms with van der Waals surface area (Å²) in [6, 6.07) is 9.88. The highest BCUT2D eigenvalue weighted by Crippen LogP contribution is 2.20. The number of methoxy groups -OCH3 is 1. The highest BCUT2D eigenvalue weighted by Gasteiger charge is 2.30. The third kappa shape index (κ3) is 6.74. The van der Waals surface area contributed by atoms with Crippen LogP contribution in [0.1, 0.15) is 45.1 Å². The highest BCUT2D eigenvalue weighted by atomic mass is 16.6. The third-order valence-electron chi connectivity index (χ3n) is 3.39. The van der Waals surface area contributed by atoms with Crippen molar-refractivity contribution < 1.29 is 19.4 Å². The smallest absolute Gasteiger partial charge is 0.335 e. The topological polar surface area (TPSA) is 55.8 Å². The number of esters is 1. The number of hydrogen-bond donors (Lipinski definition) is 1. The molecule has 0 fully saturated rings. The first-order chi connectivity index (χ1) is 9.98. The molecule has 1 aromatic rings. The second kappa shape index (κ2) is 8.80. The van der Waals surface area contributed by atoms with E-state index in [1.54, 1.807) is 6.92 Å². The summed E-state index contributed by atoms with van der Waals surface area (Å²) in [5.41, 5.74) is 1.13. The van der Waals surface area contributed by atoms with Gasteiger partial charge in [-0.2, -0.15) is 0 Å². The standard InChI is InChI=1S/C17H26O4/c1-4-5-13-17(2,19)21-15(16(18)20-3)12-11-14-9-7-6-8-10-14/h6-10,15,19H,4-5,11-13H2,1-3H3/t15-,17?/m0/s1. The SMILES string of the molecule is CCCCC(C)(O)O[C@@H](CCc1ccccc1)C(=O)OC. The quantitative estimate of drug-likeness (QED) is 0.562. The van der Waals surface area contributed by atoms with E-state index in [2.05, 4.69) is 0 Å². The van der Waals surface area contributed by atoms with Crippen LogP contribution in [-0.4, -0.2) is 30.1 Å². The summed E-state index contributed by atoms with van der Waals surface area (Å²) in [6.07, 6.45) is 2.75. The van der Waals surface area contributed by atoms with E-state index < -0.39 is 17.9 Å². The Hall–Kier alpha value is -1.39. The van der Waals surface area contributed by atoms with E-state index in [1.807, 2.05) is 37.3 Å². The summed E-state index contributed by atoms with van der Waals surface area (Å²) >= 11 is 0. The van der Waals surface area contributed by atoms with Crippen molar-refractivity contribution >= 4 is 5.97 Å². The zero-order valence-corrected chi connectivity index (χ0v) is 13.2. The number of aryl methyl sites for hydroxylation is 1. The first-order valence-corrected chi connectivity index (χ1v) is 7.50. The van der Waals surface area contributed by atoms with Gasteiger partial charge in [0, 0.05) is 6.42 Å². The number of benzene rings is 1. The van der Waals surface area contributed by atoms with Crippen LogP contribution in [0.25, 0.3) is 0 Å². The molecule has 0 amide bonds. The van der Waals surface area contributed by atoms with Crippen LogP contribution in [-0.2, 0) is 20.7 Å². The lowest BCUT2D eigenvalue weighted by Crippen LogP contribution is -2.38. The van der Waals surface area contributed by atoms with Gasteiger partial charge in [0.25, 0.3) is 0 Å². The fraction of sp³-hybridized carbons (Fsp3) is 0.588. The summed E-state index contributed by atoms with van der Waals surface area (Å²) in [7, 11) is 1.34. The predicted molar refractivity (Wildman–Crippen MR) is 81.8 cm³/mol. The molecule has 1 unspecified atom stereocenters. The fourth-order valence-corrected chi connectivity index (χ4v) is 2.17. The van der Waals surface area contributed by atoms with Gasteiger partial charge in [-0.25, -0.2) is 4.79 Å². The summed E-state index contributed by atoms with van der Waals surface area (Å²) in [5, 5.41) is 10.2. The van der Waals surface area contributed by atoms with Crippen LogP contribution in [0.5, 0.6) is 0 Å². The van der Waals surface area contributed by atoms with Gasteiger partial charge in [-0.1, -0.05) is 43.7 Å². The lowest BCUT2D eigenvalue weighted by molar-refractivity contribution is -0.229. The molecule has 4 nitrogen and oxygen atoms in total. The minimum Gasteiger partial charge on any atom is -0.467 e. The molecule has 0 aromatic heterocycles. The van der Waals surface area contributed by atoms with Crippen molar-refractivity contribution in [2.45, 2.75) is 57.8 Å². The zero-order valence-electron chi connectivity index (χ0n) is 13.2. The minimum atomic E-state index is -1.30. The normalized spacial score (nSPS) is 15.2. The molecule has 4 heteroatoms. The average Bonchev–Trinajstić information content (AvgIpc) is 2.49. The number of rotatable bonds is 9. The Labute approximate surface area is 127 Å². The van der Waals surface area contributed by atoms with E-state index >= 15 is 0 Å². The first-order valence-electron chi connectivity index (χ1n) is 7.50. The molecule has 1 rings (SSSR count). The van der Waals surface area contributed by atoms with Gasteiger partial charge in [0.2, 0.25) is 0 Å². The lowest BCUT2D eigenvalue weighted by atomic mass is 10.1. The van der Waals surface area contributed by atoms with E-state index in [1.165, 1.54) is 7.11 Å². The van der Waals surface area contributed by atoms with E-state index in [4.69, 9.17) is 9.47 Å². The maximum absolute atomic E-state index is 11.8. The maximum Gasteiger partial charge on any atom is 0.335 e. The predicted octanol–water partition coefficient (Wildman–Crippen LogP) is 3.08. The Morgan fingerprint density at radius 1 is 1.33 bits per heavy atom. The second-order valence-corrected chi connectivity index (χ2v) is 5.43. The second-order valence-electron chi connectivity index (χ2n) is 5.43. The molecule has 1 aromatic carbocycles. The molecule has 0 aliphatic rings. The molecule has 0 bridgehead atoms. The molecule has 0 saturated carbocycles. The van der Waals surface area contributed by atoms with Crippen molar-refractivity contribution in [1.29, 1.82) is 0 Å². The van der Waals surface area contributed by atoms with Gasteiger partial charge < -0.3 is 14.6 Å². The van der Waals surface area contributed by atoms with Crippen LogP contribution < -0.4 is 0 Å². The van der Waals surface area contributed by atoms with Gasteiger partial charge in [0.1, 0.15) is 0 Å². The largest absolute Gasteiger partial charge is 0.467 e. The fourth-order valence-electron chi connectivity index (χ4n) is 2.17. The van der Waals surface area contributed by atoms with Gasteiger partial charge in [0.15, 0.2) is 11.9 Å². The van der Waals surface area contributed by atoms with Gasteiger partial charge >= 0.3 is 5.97 Å². The molecule has 2 atom stereocenters. The third-order valence-corrected chi connectivity index (χ3v) is 3.39. The van der Waals surface area contributed by atoms with Gasteiger partial charge in [0.05, 0.1) is 7.11 Å². The summed E-state index contributed by atoms with van der Waals surface area (Å²) in [4.78, 5) is 11.8. The van der Waals surface area contributed by atoms with Crippen LogP contribution >= 0.6 is 0 Å². The van der Waals surface area contributed by atoms with Gasteiger partial charge in [-0.05, 0) is 31.7 Å². The van der Waals surface area contributed by atoms with Crippen LogP contribution in [0, 0.1) is 0 Å². The van der Waals surface area contributed by atoms with Crippen LogP contribution in [0.2, 0.25) is 0 Å². The minimum absolute atomic E-state index is 0.442. The van der Waals surface area contributed by atoms with Crippen molar-refractivity contribution in [3.8, 4) is 0 Å². The highest BCUT2D eigenvalue weighted by molar-refractivity contribution is 5.74. The molecular formula is C17H26O4. The molecular weight excluding hydrogens is 268 g/mol. The van der Waals surface area contributed by atoms with Crippen molar-refractivity contribution in [2.24, 2.45) is 0 Å². The number of ether oxygens (including phenoxy) is 2. The molecule has 118 valence electrons.